The number of nitrogens with one attached hydrogen (secondary N) is 2. The fourth-order valence-corrected chi connectivity index (χ4v) is 4.25. The van der Waals surface area contributed by atoms with Gasteiger partial charge in [-0.05, 0) is 61.3 Å². The molecule has 0 spiro atoms. The highest BCUT2D eigenvalue weighted by molar-refractivity contribution is 6.30. The molecule has 0 unspecified atom stereocenters. The van der Waals surface area contributed by atoms with Crippen LogP contribution < -0.4 is 10.6 Å². The molecule has 2 fully saturated rings. The highest BCUT2D eigenvalue weighted by Crippen LogP contribution is 2.35. The van der Waals surface area contributed by atoms with Crippen molar-refractivity contribution in [3.8, 4) is 0 Å². The molecule has 0 saturated carbocycles. The molecule has 1 aromatic rings. The van der Waals surface area contributed by atoms with Crippen LogP contribution in [-0.2, 0) is 9.59 Å². The Bertz CT molecular complexity index is 798. The average molecular weight is 418 g/mol. The number of carbonyl (C=O) groups excluding carboxylic acids is 3. The third-order valence-corrected chi connectivity index (χ3v) is 6.13. The fourth-order valence-electron chi connectivity index (χ4n) is 4.13. The van der Waals surface area contributed by atoms with Gasteiger partial charge in [-0.15, -0.1) is 0 Å². The lowest BCUT2D eigenvalue weighted by atomic mass is 9.74. The number of halogens is 1. The average Bonchev–Trinajstić information content (AvgIpc) is 3.00. The Morgan fingerprint density at radius 1 is 1.24 bits per heavy atom. The quantitative estimate of drug-likeness (QED) is 0.548. The molecule has 7 heteroatoms. The molecule has 1 atom stereocenters. The molecular weight excluding hydrogens is 390 g/mol. The maximum atomic E-state index is 12.6. The standard InChI is InChI=1S/C22H28ClN3O3/c1-15(2)9-12-22(20(28)24-21(29)25-22)17-10-13-26(14-11-17)19(27)8-5-16-3-6-18(23)7-4-16/h3-8,15,17H,9-14H2,1-2H3,(H2,24,25,28,29)/b8-5+/t22-/m1/s1. The second kappa shape index (κ2) is 8.99. The zero-order valence-electron chi connectivity index (χ0n) is 16.9. The van der Waals surface area contributed by atoms with Gasteiger partial charge in [0.2, 0.25) is 5.91 Å². The molecule has 6 nitrogen and oxygen atoms in total. The summed E-state index contributed by atoms with van der Waals surface area (Å²) in [5.74, 6) is 0.193. The third kappa shape index (κ3) is 4.99. The molecule has 1 aromatic carbocycles. The van der Waals surface area contributed by atoms with Crippen molar-refractivity contribution in [2.45, 2.75) is 45.1 Å². The van der Waals surface area contributed by atoms with E-state index in [2.05, 4.69) is 24.5 Å². The van der Waals surface area contributed by atoms with Crippen molar-refractivity contribution >= 4 is 35.5 Å². The molecule has 3 rings (SSSR count). The lowest BCUT2D eigenvalue weighted by Gasteiger charge is -2.40. The Hall–Kier alpha value is -2.34. The first-order chi connectivity index (χ1) is 13.8. The summed E-state index contributed by atoms with van der Waals surface area (Å²) in [5, 5.41) is 5.98. The van der Waals surface area contributed by atoms with Crippen LogP contribution in [0.2, 0.25) is 5.02 Å². The second-order valence-corrected chi connectivity index (χ2v) is 8.73. The molecule has 2 saturated heterocycles. The molecular formula is C22H28ClN3O3. The van der Waals surface area contributed by atoms with Crippen LogP contribution in [0, 0.1) is 11.8 Å². The predicted octanol–water partition coefficient (Wildman–Crippen LogP) is 3.61. The Balaban J connectivity index is 1.62. The number of hydrogen-bond donors (Lipinski definition) is 2. The summed E-state index contributed by atoms with van der Waals surface area (Å²) in [4.78, 5) is 38.8. The van der Waals surface area contributed by atoms with Gasteiger partial charge in [-0.3, -0.25) is 14.9 Å². The van der Waals surface area contributed by atoms with E-state index in [1.54, 1.807) is 29.2 Å². The Morgan fingerprint density at radius 2 is 1.90 bits per heavy atom. The topological polar surface area (TPSA) is 78.5 Å². The second-order valence-electron chi connectivity index (χ2n) is 8.30. The molecule has 2 aliphatic rings. The molecule has 0 bridgehead atoms. The van der Waals surface area contributed by atoms with Crippen molar-refractivity contribution in [2.24, 2.45) is 11.8 Å². The first-order valence-electron chi connectivity index (χ1n) is 10.2. The highest BCUT2D eigenvalue weighted by atomic mass is 35.5. The van der Waals surface area contributed by atoms with Crippen LogP contribution in [0.25, 0.3) is 6.08 Å². The maximum absolute atomic E-state index is 12.6. The smallest absolute Gasteiger partial charge is 0.322 e. The van der Waals surface area contributed by atoms with Gasteiger partial charge in [0, 0.05) is 24.2 Å². The van der Waals surface area contributed by atoms with Crippen molar-refractivity contribution in [1.29, 1.82) is 0 Å². The van der Waals surface area contributed by atoms with Crippen LogP contribution in [0.15, 0.2) is 30.3 Å². The van der Waals surface area contributed by atoms with Gasteiger partial charge in [0.1, 0.15) is 5.54 Å². The van der Waals surface area contributed by atoms with E-state index in [1.807, 2.05) is 12.1 Å². The first-order valence-corrected chi connectivity index (χ1v) is 10.5. The number of likely N-dealkylation sites (tertiary alicyclic amines) is 1. The number of carbonyl (C=O) groups is 3. The van der Waals surface area contributed by atoms with Crippen molar-refractivity contribution in [2.75, 3.05) is 13.1 Å². The summed E-state index contributed by atoms with van der Waals surface area (Å²) in [5.41, 5.74) is 0.0611. The number of urea groups is 1. The largest absolute Gasteiger partial charge is 0.339 e. The SMILES string of the molecule is CC(C)CC[C@]1(C2CCN(C(=O)/C=C/c3ccc(Cl)cc3)CC2)NC(=O)NC1=O. The minimum Gasteiger partial charge on any atom is -0.339 e. The molecule has 2 aliphatic heterocycles. The van der Waals surface area contributed by atoms with E-state index in [0.717, 1.165) is 12.0 Å². The van der Waals surface area contributed by atoms with Crippen LogP contribution in [0.3, 0.4) is 0 Å². The number of rotatable bonds is 6. The van der Waals surface area contributed by atoms with Crippen LogP contribution in [0.5, 0.6) is 0 Å². The van der Waals surface area contributed by atoms with Gasteiger partial charge in [-0.2, -0.15) is 0 Å². The molecule has 29 heavy (non-hydrogen) atoms. The van der Waals surface area contributed by atoms with Gasteiger partial charge in [0.25, 0.3) is 5.91 Å². The van der Waals surface area contributed by atoms with Gasteiger partial charge < -0.3 is 10.2 Å². The zero-order valence-corrected chi connectivity index (χ0v) is 17.7. The first kappa shape index (κ1) is 21.4. The minimum atomic E-state index is -0.852. The van der Waals surface area contributed by atoms with Crippen LogP contribution in [-0.4, -0.2) is 41.4 Å². The van der Waals surface area contributed by atoms with Gasteiger partial charge in [-0.25, -0.2) is 4.79 Å². The summed E-state index contributed by atoms with van der Waals surface area (Å²) < 4.78 is 0. The molecule has 0 aliphatic carbocycles. The van der Waals surface area contributed by atoms with Crippen molar-refractivity contribution in [1.82, 2.24) is 15.5 Å². The minimum absolute atomic E-state index is 0.0250. The van der Waals surface area contributed by atoms with Crippen LogP contribution in [0.4, 0.5) is 4.79 Å². The van der Waals surface area contributed by atoms with E-state index in [4.69, 9.17) is 11.6 Å². The number of benzene rings is 1. The summed E-state index contributed by atoms with van der Waals surface area (Å²) in [6.45, 7) is 5.36. The van der Waals surface area contributed by atoms with E-state index < -0.39 is 11.6 Å². The predicted molar refractivity (Wildman–Crippen MR) is 113 cm³/mol. The normalized spacial score (nSPS) is 23.0. The maximum Gasteiger partial charge on any atom is 0.322 e. The lowest BCUT2D eigenvalue weighted by Crippen LogP contribution is -2.56. The van der Waals surface area contributed by atoms with E-state index in [9.17, 15) is 14.4 Å². The Labute approximate surface area is 176 Å². The van der Waals surface area contributed by atoms with Crippen LogP contribution >= 0.6 is 11.6 Å². The molecule has 4 amide bonds. The zero-order chi connectivity index (χ0) is 21.0. The monoisotopic (exact) mass is 417 g/mol. The van der Waals surface area contributed by atoms with Crippen molar-refractivity contribution in [3.63, 3.8) is 0 Å². The molecule has 0 aromatic heterocycles. The van der Waals surface area contributed by atoms with E-state index >= 15 is 0 Å². The van der Waals surface area contributed by atoms with Crippen LogP contribution in [0.1, 0.15) is 45.1 Å². The molecule has 156 valence electrons. The van der Waals surface area contributed by atoms with Gasteiger partial charge in [0.15, 0.2) is 0 Å². The van der Waals surface area contributed by atoms with Gasteiger partial charge in [-0.1, -0.05) is 37.6 Å². The highest BCUT2D eigenvalue weighted by Gasteiger charge is 2.51. The molecule has 2 heterocycles. The Kier molecular flexibility index (Phi) is 6.63. The fraction of sp³-hybridized carbons (Fsp3) is 0.500. The number of amides is 4. The lowest BCUT2D eigenvalue weighted by molar-refractivity contribution is -0.130. The van der Waals surface area contributed by atoms with Gasteiger partial charge in [0.05, 0.1) is 0 Å². The number of nitrogens with zero attached hydrogens (tertiary/aromatic N) is 1. The van der Waals surface area contributed by atoms with E-state index in [0.29, 0.717) is 43.3 Å². The van der Waals surface area contributed by atoms with Gasteiger partial charge >= 0.3 is 6.03 Å². The summed E-state index contributed by atoms with van der Waals surface area (Å²) in [7, 11) is 0. The van der Waals surface area contributed by atoms with E-state index in [1.165, 1.54) is 0 Å². The number of imide groups is 1. The number of piperidine rings is 1. The van der Waals surface area contributed by atoms with Crippen molar-refractivity contribution in [3.05, 3.63) is 40.9 Å². The number of hydrogen-bond acceptors (Lipinski definition) is 3. The third-order valence-electron chi connectivity index (χ3n) is 5.88. The molecule has 2 N–H and O–H groups in total. The molecule has 0 radical (unpaired) electrons. The summed E-state index contributed by atoms with van der Waals surface area (Å²) >= 11 is 5.88. The van der Waals surface area contributed by atoms with E-state index in [-0.39, 0.29) is 17.7 Å². The summed E-state index contributed by atoms with van der Waals surface area (Å²) in [6.07, 6.45) is 6.20. The summed E-state index contributed by atoms with van der Waals surface area (Å²) in [6, 6.07) is 6.88. The Morgan fingerprint density at radius 3 is 2.45 bits per heavy atom. The van der Waals surface area contributed by atoms with Crippen molar-refractivity contribution < 1.29 is 14.4 Å².